The van der Waals surface area contributed by atoms with Crippen LogP contribution in [-0.2, 0) is 0 Å². The Kier molecular flexibility index (Phi) is 1.47. The van der Waals surface area contributed by atoms with Gasteiger partial charge in [0.25, 0.3) is 0 Å². The van der Waals surface area contributed by atoms with E-state index in [0.29, 0.717) is 22.4 Å². The molecule has 0 bridgehead atoms. The van der Waals surface area contributed by atoms with E-state index in [2.05, 4.69) is 16.0 Å². The zero-order valence-electron chi connectivity index (χ0n) is 8.20. The molecule has 5 nitrogen and oxygen atoms in total. The normalized spacial score (nSPS) is 13.1. The van der Waals surface area contributed by atoms with Crippen LogP contribution in [0.3, 0.4) is 0 Å². The summed E-state index contributed by atoms with van der Waals surface area (Å²) in [4.78, 5) is 6.94. The van der Waals surface area contributed by atoms with Gasteiger partial charge in [-0.3, -0.25) is 5.41 Å². The lowest BCUT2D eigenvalue weighted by Crippen LogP contribution is -2.02. The third kappa shape index (κ3) is 0.834. The van der Waals surface area contributed by atoms with Gasteiger partial charge in [0.15, 0.2) is 5.84 Å². The summed E-state index contributed by atoms with van der Waals surface area (Å²) < 4.78 is 0. The molecule has 76 valence electrons. The molecule has 0 radical (unpaired) electrons. The Morgan fingerprint density at radius 1 is 1.50 bits per heavy atom. The van der Waals surface area contributed by atoms with Crippen LogP contribution in [-0.4, -0.2) is 17.0 Å². The Hall–Kier alpha value is -2.61. The number of nitriles is 1. The molecule has 16 heavy (non-hydrogen) atoms. The van der Waals surface area contributed by atoms with E-state index in [1.807, 2.05) is 0 Å². The maximum atomic E-state index is 9.09. The Morgan fingerprint density at radius 3 is 3.06 bits per heavy atom. The molecular formula is C11H7N5. The molecule has 0 saturated carbocycles. The van der Waals surface area contributed by atoms with E-state index in [1.54, 1.807) is 12.3 Å². The summed E-state index contributed by atoms with van der Waals surface area (Å²) in [7, 11) is 0. The molecule has 0 unspecified atom stereocenters. The fourth-order valence-corrected chi connectivity index (χ4v) is 2.03. The minimum absolute atomic E-state index is 0.179. The minimum atomic E-state index is 0.179. The van der Waals surface area contributed by atoms with Gasteiger partial charge in [-0.05, 0) is 6.07 Å². The van der Waals surface area contributed by atoms with Crippen molar-refractivity contribution < 1.29 is 0 Å². The molecule has 0 saturated heterocycles. The number of nitrogen functional groups attached to an aromatic ring is 1. The summed E-state index contributed by atoms with van der Waals surface area (Å²) in [6.45, 7) is 0. The van der Waals surface area contributed by atoms with Crippen LogP contribution in [0.4, 0.5) is 5.69 Å². The second-order valence-electron chi connectivity index (χ2n) is 3.56. The third-order valence-corrected chi connectivity index (χ3v) is 2.77. The van der Waals surface area contributed by atoms with Crippen molar-refractivity contribution in [1.29, 1.82) is 10.7 Å². The second-order valence-corrected chi connectivity index (χ2v) is 3.56. The monoisotopic (exact) mass is 209 g/mol. The molecule has 2 aromatic rings. The van der Waals surface area contributed by atoms with Crippen molar-refractivity contribution in [3.63, 3.8) is 0 Å². The lowest BCUT2D eigenvalue weighted by molar-refractivity contribution is 1.42. The molecule has 4 N–H and O–H groups in total. The van der Waals surface area contributed by atoms with Gasteiger partial charge in [-0.25, -0.2) is 4.99 Å². The zero-order valence-corrected chi connectivity index (χ0v) is 8.20. The number of hydrogen-bond donors (Lipinski definition) is 3. The fraction of sp³-hybridized carbons (Fsp3) is 0. The number of benzene rings is 1. The molecule has 2 heterocycles. The van der Waals surface area contributed by atoms with Crippen LogP contribution in [0.15, 0.2) is 17.3 Å². The quantitative estimate of drug-likeness (QED) is 0.570. The Morgan fingerprint density at radius 2 is 2.31 bits per heavy atom. The maximum absolute atomic E-state index is 9.09. The molecule has 0 fully saturated rings. The highest BCUT2D eigenvalue weighted by Crippen LogP contribution is 2.33. The number of aromatic amines is 1. The molecule has 1 aromatic heterocycles. The van der Waals surface area contributed by atoms with Crippen LogP contribution in [0.5, 0.6) is 0 Å². The maximum Gasteiger partial charge on any atom is 0.154 e. The van der Waals surface area contributed by atoms with Crippen molar-refractivity contribution in [3.8, 4) is 6.07 Å². The number of nitrogens with one attached hydrogen (secondary N) is 2. The predicted octanol–water partition coefficient (Wildman–Crippen LogP) is 1.38. The van der Waals surface area contributed by atoms with Crippen LogP contribution >= 0.6 is 0 Å². The molecule has 1 aromatic carbocycles. The number of amidine groups is 1. The van der Waals surface area contributed by atoms with Crippen LogP contribution in [0.1, 0.15) is 16.7 Å². The molecule has 0 spiro atoms. The van der Waals surface area contributed by atoms with Crippen LogP contribution in [0.25, 0.3) is 10.9 Å². The van der Waals surface area contributed by atoms with Gasteiger partial charge in [0, 0.05) is 23.4 Å². The van der Waals surface area contributed by atoms with E-state index in [0.717, 1.165) is 10.9 Å². The lowest BCUT2D eigenvalue weighted by atomic mass is 9.99. The topological polar surface area (TPSA) is 102 Å². The highest BCUT2D eigenvalue weighted by Gasteiger charge is 2.23. The number of H-pyrrole nitrogens is 1. The van der Waals surface area contributed by atoms with E-state index in [9.17, 15) is 0 Å². The van der Waals surface area contributed by atoms with E-state index in [4.69, 9.17) is 16.4 Å². The standard InChI is InChI=1S/C11H7N5/c12-3-6-5-1-2-15-10(5)8-7(9(6)13)4-16-11(8)14/h1-2,4,14-15H,13H2. The summed E-state index contributed by atoms with van der Waals surface area (Å²) in [5, 5.41) is 17.6. The molecule has 5 heteroatoms. The minimum Gasteiger partial charge on any atom is -0.397 e. The van der Waals surface area contributed by atoms with Gasteiger partial charge in [0.1, 0.15) is 6.07 Å². The first-order valence-corrected chi connectivity index (χ1v) is 4.69. The van der Waals surface area contributed by atoms with Crippen LogP contribution < -0.4 is 5.73 Å². The van der Waals surface area contributed by atoms with Gasteiger partial charge in [-0.1, -0.05) is 0 Å². The van der Waals surface area contributed by atoms with Gasteiger partial charge in [0.2, 0.25) is 0 Å². The van der Waals surface area contributed by atoms with E-state index < -0.39 is 0 Å². The number of nitrogens with two attached hydrogens (primary N) is 1. The number of nitrogens with zero attached hydrogens (tertiary/aromatic N) is 2. The van der Waals surface area contributed by atoms with Crippen molar-refractivity contribution in [2.75, 3.05) is 5.73 Å². The number of aromatic nitrogens is 1. The van der Waals surface area contributed by atoms with Gasteiger partial charge >= 0.3 is 0 Å². The molecular weight excluding hydrogens is 202 g/mol. The average Bonchev–Trinajstić information content (AvgIpc) is 2.85. The lowest BCUT2D eigenvalue weighted by Gasteiger charge is -2.06. The molecule has 0 atom stereocenters. The van der Waals surface area contributed by atoms with Gasteiger partial charge in [-0.15, -0.1) is 0 Å². The van der Waals surface area contributed by atoms with Crippen molar-refractivity contribution in [2.45, 2.75) is 0 Å². The first-order chi connectivity index (χ1) is 7.74. The van der Waals surface area contributed by atoms with E-state index >= 15 is 0 Å². The number of fused-ring (bicyclic) bond motifs is 3. The SMILES string of the molecule is N#Cc1c(N)c2c(c3[nH]ccc13)C(=N)N=C2. The van der Waals surface area contributed by atoms with Gasteiger partial charge in [0.05, 0.1) is 22.3 Å². The van der Waals surface area contributed by atoms with Crippen molar-refractivity contribution in [2.24, 2.45) is 4.99 Å². The van der Waals surface area contributed by atoms with E-state index in [-0.39, 0.29) is 5.84 Å². The molecule has 0 aliphatic carbocycles. The van der Waals surface area contributed by atoms with Crippen LogP contribution in [0, 0.1) is 16.7 Å². The van der Waals surface area contributed by atoms with Crippen molar-refractivity contribution in [3.05, 3.63) is 29.0 Å². The molecule has 1 aliphatic heterocycles. The molecule has 1 aliphatic rings. The number of anilines is 1. The summed E-state index contributed by atoms with van der Waals surface area (Å²) in [6.07, 6.45) is 3.27. The summed E-state index contributed by atoms with van der Waals surface area (Å²) >= 11 is 0. The Bertz CT molecular complexity index is 699. The smallest absolute Gasteiger partial charge is 0.154 e. The van der Waals surface area contributed by atoms with Gasteiger partial charge in [-0.2, -0.15) is 5.26 Å². The Labute approximate surface area is 90.7 Å². The second kappa shape index (κ2) is 2.70. The number of aliphatic imine (C=N–C) groups is 1. The summed E-state index contributed by atoms with van der Waals surface area (Å²) in [5.41, 5.74) is 8.84. The number of hydrogen-bond acceptors (Lipinski definition) is 3. The van der Waals surface area contributed by atoms with Gasteiger partial charge < -0.3 is 10.7 Å². The zero-order chi connectivity index (χ0) is 11.3. The van der Waals surface area contributed by atoms with Crippen LogP contribution in [0.2, 0.25) is 0 Å². The highest BCUT2D eigenvalue weighted by atomic mass is 14.9. The first kappa shape index (κ1) is 8.68. The molecule has 0 amide bonds. The largest absolute Gasteiger partial charge is 0.397 e. The third-order valence-electron chi connectivity index (χ3n) is 2.77. The summed E-state index contributed by atoms with van der Waals surface area (Å²) in [5.74, 6) is 0.179. The first-order valence-electron chi connectivity index (χ1n) is 4.69. The Balaban J connectivity index is 2.60. The summed E-state index contributed by atoms with van der Waals surface area (Å²) in [6, 6.07) is 3.88. The number of rotatable bonds is 0. The molecule has 3 rings (SSSR count). The fourth-order valence-electron chi connectivity index (χ4n) is 2.03. The highest BCUT2D eigenvalue weighted by molar-refractivity contribution is 6.23. The average molecular weight is 209 g/mol. The van der Waals surface area contributed by atoms with Crippen molar-refractivity contribution >= 4 is 28.6 Å². The van der Waals surface area contributed by atoms with E-state index in [1.165, 1.54) is 6.21 Å². The predicted molar refractivity (Wildman–Crippen MR) is 61.8 cm³/mol. The van der Waals surface area contributed by atoms with Crippen molar-refractivity contribution in [1.82, 2.24) is 4.98 Å².